The quantitative estimate of drug-likeness (QED) is 0.792. The molecule has 1 aliphatic heterocycles. The maximum atomic E-state index is 10.3. The van der Waals surface area contributed by atoms with E-state index in [1.165, 1.54) is 22.3 Å². The highest BCUT2D eigenvalue weighted by Gasteiger charge is 2.34. The van der Waals surface area contributed by atoms with Gasteiger partial charge in [-0.1, -0.05) is 34.1 Å². The van der Waals surface area contributed by atoms with Gasteiger partial charge in [-0.25, -0.2) is 0 Å². The maximum Gasteiger partial charge on any atom is 0.123 e. The van der Waals surface area contributed by atoms with Gasteiger partial charge in [-0.3, -0.25) is 4.90 Å². The lowest BCUT2D eigenvalue weighted by molar-refractivity contribution is 0.228. The molecule has 1 aliphatic carbocycles. The maximum absolute atomic E-state index is 10.3. The summed E-state index contributed by atoms with van der Waals surface area (Å²) >= 11 is 3.65. The van der Waals surface area contributed by atoms with Gasteiger partial charge in [0.05, 0.1) is 0 Å². The fourth-order valence-electron chi connectivity index (χ4n) is 3.68. The van der Waals surface area contributed by atoms with E-state index in [-0.39, 0.29) is 0 Å². The molecule has 0 amide bonds. The molecule has 0 saturated carbocycles. The number of fused-ring (bicyclic) bond motifs is 2. The van der Waals surface area contributed by atoms with Crippen LogP contribution in [0.15, 0.2) is 34.8 Å². The molecule has 2 aromatic carbocycles. The summed E-state index contributed by atoms with van der Waals surface area (Å²) in [4.78, 5) is 2.44. The van der Waals surface area contributed by atoms with Crippen LogP contribution in [-0.4, -0.2) is 23.6 Å². The molecular weight excluding hydrogens is 314 g/mol. The zero-order valence-electron chi connectivity index (χ0n) is 11.4. The number of phenols is 1. The van der Waals surface area contributed by atoms with Crippen LogP contribution in [0.1, 0.15) is 22.7 Å². The molecule has 0 spiro atoms. The zero-order valence-corrected chi connectivity index (χ0v) is 12.9. The van der Waals surface area contributed by atoms with Gasteiger partial charge >= 0.3 is 0 Å². The highest BCUT2D eigenvalue weighted by atomic mass is 79.9. The van der Waals surface area contributed by atoms with Gasteiger partial charge in [0.25, 0.3) is 0 Å². The van der Waals surface area contributed by atoms with E-state index in [0.29, 0.717) is 11.8 Å². The Morgan fingerprint density at radius 1 is 1.25 bits per heavy atom. The number of rotatable bonds is 0. The number of hydrogen-bond donors (Lipinski definition) is 1. The Hall–Kier alpha value is -1.32. The van der Waals surface area contributed by atoms with Crippen LogP contribution in [0.3, 0.4) is 0 Å². The Kier molecular flexibility index (Phi) is 2.69. The number of likely N-dealkylation sites (N-methyl/N-ethyl adjacent to an activating group) is 1. The molecule has 0 fully saturated rings. The summed E-state index contributed by atoms with van der Waals surface area (Å²) in [5.74, 6) is 0.392. The average Bonchev–Trinajstić information content (AvgIpc) is 2.46. The molecular formula is C17H16BrNO. The van der Waals surface area contributed by atoms with Crippen molar-refractivity contribution in [3.63, 3.8) is 0 Å². The Morgan fingerprint density at radius 3 is 2.95 bits per heavy atom. The third kappa shape index (κ3) is 1.60. The number of benzene rings is 2. The molecule has 1 atom stereocenters. The lowest BCUT2D eigenvalue weighted by atomic mass is 9.77. The first-order valence-electron chi connectivity index (χ1n) is 6.99. The minimum atomic E-state index is 0.392. The molecule has 20 heavy (non-hydrogen) atoms. The first-order chi connectivity index (χ1) is 9.66. The van der Waals surface area contributed by atoms with Crippen LogP contribution in [0.2, 0.25) is 0 Å². The fourth-order valence-corrected chi connectivity index (χ4v) is 4.17. The first kappa shape index (κ1) is 12.4. The van der Waals surface area contributed by atoms with Crippen LogP contribution in [0.4, 0.5) is 0 Å². The Morgan fingerprint density at radius 2 is 2.10 bits per heavy atom. The molecule has 2 nitrogen and oxygen atoms in total. The van der Waals surface area contributed by atoms with Crippen molar-refractivity contribution in [1.29, 1.82) is 0 Å². The minimum absolute atomic E-state index is 0.392. The second-order valence-electron chi connectivity index (χ2n) is 5.75. The van der Waals surface area contributed by atoms with Gasteiger partial charge in [-0.05, 0) is 54.3 Å². The Balaban J connectivity index is 2.07. The number of phenolic OH excluding ortho intramolecular Hbond substituents is 1. The van der Waals surface area contributed by atoms with Crippen LogP contribution < -0.4 is 0 Å². The fraction of sp³-hybridized carbons (Fsp3) is 0.294. The van der Waals surface area contributed by atoms with Crippen molar-refractivity contribution in [2.45, 2.75) is 18.9 Å². The monoisotopic (exact) mass is 329 g/mol. The number of halogens is 1. The summed E-state index contributed by atoms with van der Waals surface area (Å²) in [6.45, 7) is 1.10. The molecule has 0 aromatic heterocycles. The lowest BCUT2D eigenvalue weighted by Gasteiger charge is -2.40. The smallest absolute Gasteiger partial charge is 0.123 e. The average molecular weight is 330 g/mol. The second-order valence-corrected chi connectivity index (χ2v) is 6.60. The molecule has 0 bridgehead atoms. The van der Waals surface area contributed by atoms with Crippen molar-refractivity contribution >= 4 is 15.9 Å². The van der Waals surface area contributed by atoms with Crippen molar-refractivity contribution in [1.82, 2.24) is 4.90 Å². The highest BCUT2D eigenvalue weighted by Crippen LogP contribution is 2.49. The summed E-state index contributed by atoms with van der Waals surface area (Å²) in [5.41, 5.74) is 6.31. The van der Waals surface area contributed by atoms with E-state index in [4.69, 9.17) is 0 Å². The molecule has 2 aliphatic rings. The van der Waals surface area contributed by atoms with Crippen LogP contribution in [0, 0.1) is 0 Å². The van der Waals surface area contributed by atoms with Gasteiger partial charge in [-0.2, -0.15) is 0 Å². The lowest BCUT2D eigenvalue weighted by Crippen LogP contribution is -2.35. The Labute approximate surface area is 127 Å². The van der Waals surface area contributed by atoms with E-state index in [1.54, 1.807) is 6.07 Å². The summed E-state index contributed by atoms with van der Waals surface area (Å²) in [7, 11) is 2.20. The number of aromatic hydroxyl groups is 1. The van der Waals surface area contributed by atoms with Crippen LogP contribution in [0.5, 0.6) is 5.75 Å². The summed E-state index contributed by atoms with van der Waals surface area (Å²) in [6, 6.07) is 10.7. The van der Waals surface area contributed by atoms with E-state index in [0.717, 1.165) is 29.4 Å². The van der Waals surface area contributed by atoms with Gasteiger partial charge in [0, 0.05) is 22.6 Å². The molecule has 102 valence electrons. The molecule has 0 radical (unpaired) electrons. The highest BCUT2D eigenvalue weighted by molar-refractivity contribution is 9.10. The van der Waals surface area contributed by atoms with Crippen molar-refractivity contribution in [3.05, 3.63) is 51.5 Å². The Bertz CT molecular complexity index is 710. The van der Waals surface area contributed by atoms with Crippen molar-refractivity contribution < 1.29 is 5.11 Å². The predicted molar refractivity (Wildman–Crippen MR) is 84.0 cm³/mol. The first-order valence-corrected chi connectivity index (χ1v) is 7.79. The van der Waals surface area contributed by atoms with Crippen molar-refractivity contribution in [2.75, 3.05) is 13.6 Å². The molecule has 3 heteroatoms. The normalized spacial score (nSPS) is 20.4. The third-order valence-electron chi connectivity index (χ3n) is 4.70. The van der Waals surface area contributed by atoms with Crippen LogP contribution in [0.25, 0.3) is 11.1 Å². The van der Waals surface area contributed by atoms with Crippen molar-refractivity contribution in [3.8, 4) is 16.9 Å². The minimum Gasteiger partial charge on any atom is -0.507 e. The summed E-state index contributed by atoms with van der Waals surface area (Å²) in [6.07, 6.45) is 2.06. The standard InChI is InChI=1S/C17H16BrNO/c1-19-8-7-10-3-2-4-11-16(10)14(19)9-12-13(18)5-6-15(20)17(11)12/h2-6,14,20H,7-9H2,1H3/t14-/m0/s1. The molecule has 4 rings (SSSR count). The zero-order chi connectivity index (χ0) is 13.9. The van der Waals surface area contributed by atoms with Gasteiger partial charge < -0.3 is 5.11 Å². The molecule has 0 saturated heterocycles. The molecule has 1 N–H and O–H groups in total. The van der Waals surface area contributed by atoms with Gasteiger partial charge in [0.2, 0.25) is 0 Å². The number of hydrogen-bond acceptors (Lipinski definition) is 2. The third-order valence-corrected chi connectivity index (χ3v) is 5.44. The van der Waals surface area contributed by atoms with E-state index >= 15 is 0 Å². The second kappa shape index (κ2) is 4.34. The molecule has 1 heterocycles. The predicted octanol–water partition coefficient (Wildman–Crippen LogP) is 3.91. The topological polar surface area (TPSA) is 23.5 Å². The van der Waals surface area contributed by atoms with Gasteiger partial charge in [-0.15, -0.1) is 0 Å². The summed E-state index contributed by atoms with van der Waals surface area (Å²) < 4.78 is 1.10. The molecule has 2 aromatic rings. The van der Waals surface area contributed by atoms with Gasteiger partial charge in [0.15, 0.2) is 0 Å². The van der Waals surface area contributed by atoms with E-state index in [9.17, 15) is 5.11 Å². The SMILES string of the molecule is CN1CCc2cccc3c2[C@@H]1Cc1c(Br)ccc(O)c1-3. The van der Waals surface area contributed by atoms with E-state index in [2.05, 4.69) is 46.1 Å². The summed E-state index contributed by atoms with van der Waals surface area (Å²) in [5, 5.41) is 10.3. The van der Waals surface area contributed by atoms with Gasteiger partial charge in [0.1, 0.15) is 5.75 Å². The van der Waals surface area contributed by atoms with Crippen LogP contribution >= 0.6 is 15.9 Å². The van der Waals surface area contributed by atoms with Crippen LogP contribution in [-0.2, 0) is 12.8 Å². The number of nitrogens with zero attached hydrogens (tertiary/aromatic N) is 1. The molecule has 0 unspecified atom stereocenters. The van der Waals surface area contributed by atoms with E-state index in [1.807, 2.05) is 6.07 Å². The largest absolute Gasteiger partial charge is 0.507 e. The van der Waals surface area contributed by atoms with E-state index < -0.39 is 0 Å². The van der Waals surface area contributed by atoms with Crippen molar-refractivity contribution in [2.24, 2.45) is 0 Å².